The van der Waals surface area contributed by atoms with Gasteiger partial charge in [0.2, 0.25) is 0 Å². The van der Waals surface area contributed by atoms with Gasteiger partial charge in [-0.2, -0.15) is 25.4 Å². The van der Waals surface area contributed by atoms with Crippen LogP contribution in [0.1, 0.15) is 33.6 Å². The predicted molar refractivity (Wildman–Crippen MR) is 289 cm³/mol. The van der Waals surface area contributed by atoms with Crippen molar-refractivity contribution in [2.75, 3.05) is 51.0 Å². The van der Waals surface area contributed by atoms with Crippen molar-refractivity contribution in [1.82, 2.24) is 28.1 Å². The maximum Gasteiger partial charge on any atom is 0.303 e. The summed E-state index contributed by atoms with van der Waals surface area (Å²) in [6.07, 6.45) is 2.97. The van der Waals surface area contributed by atoms with Gasteiger partial charge in [0.1, 0.15) is 47.2 Å². The summed E-state index contributed by atoms with van der Waals surface area (Å²) in [7, 11) is -1.81. The molecule has 8 aromatic rings. The molecule has 10 rings (SSSR count). The van der Waals surface area contributed by atoms with Crippen molar-refractivity contribution in [1.29, 1.82) is 0 Å². The highest BCUT2D eigenvalue weighted by Crippen LogP contribution is 2.37. The Bertz CT molecular complexity index is 3870. The van der Waals surface area contributed by atoms with E-state index in [0.717, 1.165) is 11.1 Å². The third kappa shape index (κ3) is 12.6. The predicted octanol–water partition coefficient (Wildman–Crippen LogP) is 7.98. The molecule has 2 aliphatic rings. The zero-order valence-corrected chi connectivity index (χ0v) is 46.2. The van der Waals surface area contributed by atoms with E-state index in [0.29, 0.717) is 56.8 Å². The van der Waals surface area contributed by atoms with Crippen LogP contribution in [0.15, 0.2) is 133 Å². The van der Waals surface area contributed by atoms with E-state index < -0.39 is 32.1 Å². The van der Waals surface area contributed by atoms with Gasteiger partial charge in [0, 0.05) is 98.4 Å². The second kappa shape index (κ2) is 24.3. The molecular weight excluding hydrogens is 1140 g/mol. The molecule has 4 aromatic carbocycles. The minimum atomic E-state index is -3.92. The summed E-state index contributed by atoms with van der Waals surface area (Å²) in [6.45, 7) is 4.06. The number of hydrogen-bond donors (Lipinski definition) is 3. The Morgan fingerprint density at radius 3 is 1.53 bits per heavy atom. The first-order valence-electron chi connectivity index (χ1n) is 23.7. The quantitative estimate of drug-likeness (QED) is 0.0688. The van der Waals surface area contributed by atoms with Gasteiger partial charge in [-0.05, 0) is 81.9 Å². The average molecular weight is 1190 g/mol. The minimum absolute atomic E-state index is 0.00877. The number of rotatable bonds is 14. The molecule has 416 valence electrons. The lowest BCUT2D eigenvalue weighted by atomic mass is 10.0. The normalized spacial score (nSPS) is 13.3. The van der Waals surface area contributed by atoms with Crippen LogP contribution in [-0.2, 0) is 46.3 Å². The van der Waals surface area contributed by atoms with Gasteiger partial charge < -0.3 is 32.9 Å². The Kier molecular flexibility index (Phi) is 17.6. The number of nitrogens with zero attached hydrogens (tertiary/aromatic N) is 6. The molecule has 0 amide bonds. The summed E-state index contributed by atoms with van der Waals surface area (Å²) in [4.78, 5) is 29.7. The van der Waals surface area contributed by atoms with Crippen molar-refractivity contribution in [3.05, 3.63) is 180 Å². The van der Waals surface area contributed by atoms with Gasteiger partial charge in [-0.3, -0.25) is 28.2 Å². The number of aromatic nitrogens is 4. The van der Waals surface area contributed by atoms with E-state index in [1.54, 1.807) is 56.7 Å². The highest BCUT2D eigenvalue weighted by atomic mass is 79.9. The molecule has 0 saturated heterocycles. The molecule has 0 spiro atoms. The summed E-state index contributed by atoms with van der Waals surface area (Å²) in [6, 6.07) is 24.5. The van der Waals surface area contributed by atoms with E-state index in [2.05, 4.69) is 49.6 Å². The Labute approximate surface area is 459 Å². The van der Waals surface area contributed by atoms with Crippen LogP contribution in [0.4, 0.5) is 20.4 Å². The number of fused-ring (bicyclic) bond motifs is 2. The fourth-order valence-corrected chi connectivity index (χ4v) is 11.3. The van der Waals surface area contributed by atoms with E-state index in [9.17, 15) is 30.8 Å². The van der Waals surface area contributed by atoms with Crippen LogP contribution < -0.4 is 44.4 Å². The van der Waals surface area contributed by atoms with Crippen molar-refractivity contribution in [3.8, 4) is 51.2 Å². The van der Waals surface area contributed by atoms with E-state index in [-0.39, 0.29) is 83.2 Å². The molecule has 79 heavy (non-hydrogen) atoms. The molecule has 4 aromatic heterocycles. The van der Waals surface area contributed by atoms with Crippen LogP contribution in [0.3, 0.4) is 0 Å². The number of ether oxygens (including phenoxy) is 4. The van der Waals surface area contributed by atoms with Crippen LogP contribution in [0, 0.1) is 25.5 Å². The Morgan fingerprint density at radius 2 is 1.06 bits per heavy atom. The van der Waals surface area contributed by atoms with Gasteiger partial charge in [-0.1, -0.05) is 40.6 Å². The van der Waals surface area contributed by atoms with Gasteiger partial charge in [0.25, 0.3) is 11.1 Å². The Balaban J connectivity index is 0.000000178. The van der Waals surface area contributed by atoms with Crippen molar-refractivity contribution < 1.29 is 63.8 Å². The van der Waals surface area contributed by atoms with E-state index in [4.69, 9.17) is 24.2 Å². The van der Waals surface area contributed by atoms with Gasteiger partial charge in [0.05, 0.1) is 44.3 Å². The molecule has 2 aliphatic heterocycles. The maximum absolute atomic E-state index is 15.5. The summed E-state index contributed by atoms with van der Waals surface area (Å²) in [5, 5.41) is 15.4. The summed E-state index contributed by atoms with van der Waals surface area (Å²) in [5.74, 6) is 1.34. The van der Waals surface area contributed by atoms with E-state index in [1.807, 2.05) is 26.0 Å². The zero-order chi connectivity index (χ0) is 56.8. The molecule has 0 fully saturated rings. The third-order valence-electron chi connectivity index (χ3n) is 12.7. The third-order valence-corrected chi connectivity index (χ3v) is 16.2. The highest BCUT2D eigenvalue weighted by molar-refractivity contribution is 9.10. The van der Waals surface area contributed by atoms with Gasteiger partial charge in [-0.25, -0.2) is 14.0 Å². The monoisotopic (exact) mass is 1190 g/mol. The zero-order valence-electron chi connectivity index (χ0n) is 43.0. The minimum Gasteiger partial charge on any atom is -0.496 e. The number of nitrogens with one attached hydrogen (secondary N) is 2. The fourth-order valence-electron chi connectivity index (χ4n) is 8.74. The number of methoxy groups -OCH3 is 4. The van der Waals surface area contributed by atoms with Crippen molar-refractivity contribution in [2.45, 2.75) is 39.8 Å². The first-order valence-corrected chi connectivity index (χ1v) is 27.3. The molecule has 0 bridgehead atoms. The second-order valence-electron chi connectivity index (χ2n) is 17.5. The number of halogens is 3. The first kappa shape index (κ1) is 57.1. The first-order chi connectivity index (χ1) is 37.8. The maximum atomic E-state index is 15.5. The summed E-state index contributed by atoms with van der Waals surface area (Å²) < 4.78 is 121. The molecule has 0 radical (unpaired) electrons. The summed E-state index contributed by atoms with van der Waals surface area (Å²) in [5.41, 5.74) is 4.92. The van der Waals surface area contributed by atoms with Crippen molar-refractivity contribution in [3.63, 3.8) is 0 Å². The van der Waals surface area contributed by atoms with Crippen LogP contribution >= 0.6 is 15.9 Å². The van der Waals surface area contributed by atoms with Crippen LogP contribution in [-0.4, -0.2) is 91.7 Å². The molecular formula is C52H51BrF2N8O14S2. The Hall–Kier alpha value is -8.08. The number of hydrogen-bond acceptors (Lipinski definition) is 16. The second-order valence-corrected chi connectivity index (χ2v) is 21.7. The lowest BCUT2D eigenvalue weighted by molar-refractivity contribution is -0.137. The highest BCUT2D eigenvalue weighted by Gasteiger charge is 2.32. The van der Waals surface area contributed by atoms with Crippen LogP contribution in [0.2, 0.25) is 0 Å². The standard InChI is InChI=1S/C26H25FN4O6S.C18H16BrFN4O5S.C8H10O3/c1-16-4-5-17(12-23(16)35-2)19-13-24(36-3)22(14-20(19)27)31-21-8-10-30(15-18(21)6-7-26(31)32)38(33,34)29-25-9-11-37-28-25;1-28-16-8-12(19)13(20)9-15(16)24-14-4-6-23(10-11(14)2-3-18(24)25)30(26,27)22-17-5-7-29-21-17;1-6-3-4-7(11-9)5-8(6)10-2/h4-7,9,11-14H,8,10,15H2,1-3H3,(H,28,29);2-3,5,7-9H,4,6,10H2,1H3,(H,21,22);3-5,9H,1-2H3. The molecule has 22 nitrogen and oxygen atoms in total. The van der Waals surface area contributed by atoms with Gasteiger partial charge >= 0.3 is 20.4 Å². The van der Waals surface area contributed by atoms with Crippen molar-refractivity contribution in [2.24, 2.45) is 0 Å². The van der Waals surface area contributed by atoms with Crippen molar-refractivity contribution >= 4 is 48.0 Å². The molecule has 0 unspecified atom stereocenters. The summed E-state index contributed by atoms with van der Waals surface area (Å²) >= 11 is 3.11. The largest absolute Gasteiger partial charge is 0.496 e. The van der Waals surface area contributed by atoms with E-state index >= 15 is 4.39 Å². The topological polar surface area (TPSA) is 261 Å². The van der Waals surface area contributed by atoms with Crippen LogP contribution in [0.5, 0.6) is 28.7 Å². The molecule has 3 N–H and O–H groups in total. The van der Waals surface area contributed by atoms with Crippen LogP contribution in [0.25, 0.3) is 22.5 Å². The lowest BCUT2D eigenvalue weighted by Crippen LogP contribution is -2.41. The number of anilines is 2. The molecule has 6 heterocycles. The van der Waals surface area contributed by atoms with Gasteiger partial charge in [0.15, 0.2) is 17.4 Å². The average Bonchev–Trinajstić information content (AvgIpc) is 4.30. The number of pyridine rings is 2. The molecule has 0 atom stereocenters. The molecule has 27 heteroatoms. The molecule has 0 aliphatic carbocycles. The Morgan fingerprint density at radius 1 is 0.595 bits per heavy atom. The molecule has 0 saturated carbocycles. The SMILES string of the molecule is COc1cc(-c2cc(OC)c(-n3c4c(ccc3=O)CN(S(=O)(=O)Nc3ccon3)CC4)cc2F)ccc1C.COc1cc(Br)c(F)cc1-n1c2c(ccc1=O)CN(S(=O)(=O)Nc1ccon1)CC2.COc1cc(OO)ccc1C. The lowest BCUT2D eigenvalue weighted by Gasteiger charge is -2.30. The fraction of sp³-hybridized carbons (Fsp3) is 0.231. The number of aryl methyl sites for hydroxylation is 2. The van der Waals surface area contributed by atoms with Gasteiger partial charge in [-0.15, -0.1) is 0 Å². The number of benzene rings is 4. The van der Waals surface area contributed by atoms with E-state index in [1.165, 1.54) is 87.0 Å². The smallest absolute Gasteiger partial charge is 0.303 e.